The van der Waals surface area contributed by atoms with Crippen LogP contribution in [0.3, 0.4) is 0 Å². The van der Waals surface area contributed by atoms with Crippen molar-refractivity contribution >= 4 is 0 Å². The highest BCUT2D eigenvalue weighted by Gasteiger charge is 2.00. The summed E-state index contributed by atoms with van der Waals surface area (Å²) < 4.78 is 2.07. The number of nitrogens with one attached hydrogen (secondary N) is 1. The molecule has 0 aliphatic heterocycles. The minimum Gasteiger partial charge on any atom is -0.322 e. The van der Waals surface area contributed by atoms with Gasteiger partial charge in [-0.05, 0) is 43.7 Å². The first-order valence-corrected chi connectivity index (χ1v) is 5.58. The molecule has 1 aromatic carbocycles. The van der Waals surface area contributed by atoms with Gasteiger partial charge >= 0.3 is 0 Å². The Morgan fingerprint density at radius 2 is 1.65 bits per heavy atom. The van der Waals surface area contributed by atoms with Gasteiger partial charge in [0.05, 0.1) is 18.2 Å². The van der Waals surface area contributed by atoms with Gasteiger partial charge in [0, 0.05) is 11.4 Å². The van der Waals surface area contributed by atoms with E-state index in [1.807, 2.05) is 24.3 Å². The van der Waals surface area contributed by atoms with E-state index in [2.05, 4.69) is 42.2 Å². The van der Waals surface area contributed by atoms with Gasteiger partial charge in [-0.1, -0.05) is 12.1 Å². The molecule has 0 spiro atoms. The largest absolute Gasteiger partial charge is 0.322 e. The molecule has 3 heteroatoms. The van der Waals surface area contributed by atoms with E-state index >= 15 is 0 Å². The van der Waals surface area contributed by atoms with Gasteiger partial charge in [-0.3, -0.25) is 4.68 Å². The third-order valence-electron chi connectivity index (χ3n) is 2.80. The average Bonchev–Trinajstić information content (AvgIpc) is 2.67. The zero-order valence-electron chi connectivity index (χ0n) is 10.1. The maximum absolute atomic E-state index is 8.71. The predicted octanol–water partition coefficient (Wildman–Crippen LogP) is 2.72. The summed E-state index contributed by atoms with van der Waals surface area (Å²) in [6.07, 6.45) is 0. The summed E-state index contributed by atoms with van der Waals surface area (Å²) in [5, 5.41) is 8.71. The highest BCUT2D eigenvalue weighted by atomic mass is 15.4. The summed E-state index contributed by atoms with van der Waals surface area (Å²) in [6, 6.07) is 13.9. The van der Waals surface area contributed by atoms with E-state index in [9.17, 15) is 0 Å². The van der Waals surface area contributed by atoms with Crippen molar-refractivity contribution in [3.63, 3.8) is 0 Å². The van der Waals surface area contributed by atoms with Crippen molar-refractivity contribution in [2.75, 3.05) is 5.43 Å². The number of hydrogen-bond acceptors (Lipinski definition) is 2. The van der Waals surface area contributed by atoms with Crippen molar-refractivity contribution < 1.29 is 0 Å². The molecule has 0 radical (unpaired) electrons. The molecule has 2 aromatic rings. The fourth-order valence-corrected chi connectivity index (χ4v) is 1.79. The summed E-state index contributed by atoms with van der Waals surface area (Å²) in [4.78, 5) is 0. The van der Waals surface area contributed by atoms with E-state index in [-0.39, 0.29) is 0 Å². The van der Waals surface area contributed by atoms with Gasteiger partial charge in [0.2, 0.25) is 0 Å². The average molecular weight is 225 g/mol. The second-order valence-corrected chi connectivity index (χ2v) is 4.10. The van der Waals surface area contributed by atoms with E-state index < -0.39 is 0 Å². The van der Waals surface area contributed by atoms with Crippen molar-refractivity contribution in [2.24, 2.45) is 0 Å². The molecule has 0 bridgehead atoms. The van der Waals surface area contributed by atoms with Crippen LogP contribution in [0.4, 0.5) is 0 Å². The van der Waals surface area contributed by atoms with Crippen LogP contribution in [0.1, 0.15) is 22.5 Å². The minimum atomic E-state index is 0.696. The molecule has 2 rings (SSSR count). The molecule has 17 heavy (non-hydrogen) atoms. The summed E-state index contributed by atoms with van der Waals surface area (Å²) in [7, 11) is 0. The molecule has 0 saturated heterocycles. The van der Waals surface area contributed by atoms with Crippen LogP contribution in [0.5, 0.6) is 0 Å². The van der Waals surface area contributed by atoms with Gasteiger partial charge in [0.1, 0.15) is 0 Å². The smallest absolute Gasteiger partial charge is 0.0991 e. The molecule has 0 atom stereocenters. The molecule has 0 fully saturated rings. The van der Waals surface area contributed by atoms with Gasteiger partial charge in [-0.15, -0.1) is 0 Å². The van der Waals surface area contributed by atoms with Crippen molar-refractivity contribution in [2.45, 2.75) is 20.4 Å². The molecule has 1 aromatic heterocycles. The maximum Gasteiger partial charge on any atom is 0.0991 e. The highest BCUT2D eigenvalue weighted by molar-refractivity contribution is 5.32. The van der Waals surface area contributed by atoms with Gasteiger partial charge in [0.15, 0.2) is 0 Å². The van der Waals surface area contributed by atoms with E-state index in [1.165, 1.54) is 11.4 Å². The second-order valence-electron chi connectivity index (χ2n) is 4.10. The van der Waals surface area contributed by atoms with Crippen LogP contribution in [-0.2, 0) is 6.54 Å². The Balaban J connectivity index is 2.05. The van der Waals surface area contributed by atoms with Crippen molar-refractivity contribution in [3.05, 3.63) is 58.9 Å². The molecule has 3 nitrogen and oxygen atoms in total. The summed E-state index contributed by atoms with van der Waals surface area (Å²) in [5.41, 5.74) is 7.59. The molecule has 0 unspecified atom stereocenters. The van der Waals surface area contributed by atoms with Crippen LogP contribution in [0, 0.1) is 25.2 Å². The Labute approximate surface area is 101 Å². The fourth-order valence-electron chi connectivity index (χ4n) is 1.79. The lowest BCUT2D eigenvalue weighted by Crippen LogP contribution is -2.16. The van der Waals surface area contributed by atoms with Crippen molar-refractivity contribution in [3.8, 4) is 6.07 Å². The summed E-state index contributed by atoms with van der Waals surface area (Å²) in [6.45, 7) is 4.89. The first kappa shape index (κ1) is 11.3. The SMILES string of the molecule is Cc1ccc(C)n1NCc1ccc(C#N)cc1. The van der Waals surface area contributed by atoms with E-state index in [1.54, 1.807) is 0 Å². The van der Waals surface area contributed by atoms with Gasteiger partial charge in [-0.25, -0.2) is 0 Å². The van der Waals surface area contributed by atoms with Gasteiger partial charge in [-0.2, -0.15) is 5.26 Å². The Morgan fingerprint density at radius 3 is 2.18 bits per heavy atom. The van der Waals surface area contributed by atoms with Gasteiger partial charge in [0.25, 0.3) is 0 Å². The van der Waals surface area contributed by atoms with Crippen LogP contribution in [0.2, 0.25) is 0 Å². The molecule has 0 aliphatic rings. The fraction of sp³-hybridized carbons (Fsp3) is 0.214. The topological polar surface area (TPSA) is 40.8 Å². The lowest BCUT2D eigenvalue weighted by molar-refractivity contribution is 0.792. The maximum atomic E-state index is 8.71. The van der Waals surface area contributed by atoms with Crippen LogP contribution >= 0.6 is 0 Å². The number of aryl methyl sites for hydroxylation is 2. The van der Waals surface area contributed by atoms with Crippen LogP contribution < -0.4 is 5.43 Å². The monoisotopic (exact) mass is 225 g/mol. The minimum absolute atomic E-state index is 0.696. The van der Waals surface area contributed by atoms with Crippen molar-refractivity contribution in [1.82, 2.24) is 4.68 Å². The summed E-state index contributed by atoms with van der Waals surface area (Å²) in [5.74, 6) is 0. The van der Waals surface area contributed by atoms with Crippen LogP contribution in [0.15, 0.2) is 36.4 Å². The lowest BCUT2D eigenvalue weighted by atomic mass is 10.1. The Kier molecular flexibility index (Phi) is 3.15. The number of aromatic nitrogens is 1. The molecule has 0 aliphatic carbocycles. The van der Waals surface area contributed by atoms with E-state index in [0.717, 1.165) is 12.1 Å². The number of hydrogen-bond donors (Lipinski definition) is 1. The molecule has 0 amide bonds. The molecular weight excluding hydrogens is 210 g/mol. The Bertz CT molecular complexity index is 524. The zero-order valence-corrected chi connectivity index (χ0v) is 10.1. The molecule has 1 N–H and O–H groups in total. The molecule has 1 heterocycles. The van der Waals surface area contributed by atoms with E-state index in [4.69, 9.17) is 5.26 Å². The van der Waals surface area contributed by atoms with Crippen molar-refractivity contribution in [1.29, 1.82) is 5.26 Å². The first-order valence-electron chi connectivity index (χ1n) is 5.58. The standard InChI is InChI=1S/C14H15N3/c1-11-3-4-12(2)17(11)16-10-14-7-5-13(9-15)6-8-14/h3-8,16H,10H2,1-2H3. The highest BCUT2D eigenvalue weighted by Crippen LogP contribution is 2.07. The lowest BCUT2D eigenvalue weighted by Gasteiger charge is -2.12. The molecule has 0 saturated carbocycles. The number of nitriles is 1. The number of nitrogens with zero attached hydrogens (tertiary/aromatic N) is 2. The Hall–Kier alpha value is -2.21. The van der Waals surface area contributed by atoms with E-state index in [0.29, 0.717) is 5.56 Å². The normalized spacial score (nSPS) is 9.94. The molecular formula is C14H15N3. The quantitative estimate of drug-likeness (QED) is 0.872. The summed E-state index contributed by atoms with van der Waals surface area (Å²) >= 11 is 0. The third-order valence-corrected chi connectivity index (χ3v) is 2.80. The third kappa shape index (κ3) is 2.48. The number of benzene rings is 1. The Morgan fingerprint density at radius 1 is 1.06 bits per heavy atom. The van der Waals surface area contributed by atoms with Gasteiger partial charge < -0.3 is 5.43 Å². The van der Waals surface area contributed by atoms with Crippen LogP contribution in [0.25, 0.3) is 0 Å². The predicted molar refractivity (Wildman–Crippen MR) is 68.1 cm³/mol. The number of rotatable bonds is 3. The second kappa shape index (κ2) is 4.75. The van der Waals surface area contributed by atoms with Crippen LogP contribution in [-0.4, -0.2) is 4.68 Å². The zero-order chi connectivity index (χ0) is 12.3. The molecule has 86 valence electrons. The first-order chi connectivity index (χ1) is 8.20.